The van der Waals surface area contributed by atoms with Crippen LogP contribution < -0.4 is 5.32 Å². The summed E-state index contributed by atoms with van der Waals surface area (Å²) >= 11 is 1.90. The molecule has 0 aliphatic carbocycles. The number of hydrogen-bond donors (Lipinski definition) is 2. The van der Waals surface area contributed by atoms with Gasteiger partial charge in [-0.2, -0.15) is 11.8 Å². The van der Waals surface area contributed by atoms with Gasteiger partial charge < -0.3 is 15.3 Å². The van der Waals surface area contributed by atoms with Crippen molar-refractivity contribution in [3.63, 3.8) is 0 Å². The SMILES string of the molecule is O=C(NC[C@H](O)CN1CCc2ccccc2C1)N1CCCSCC1. The lowest BCUT2D eigenvalue weighted by Gasteiger charge is -2.30. The fourth-order valence-electron chi connectivity index (χ4n) is 3.34. The van der Waals surface area contributed by atoms with Crippen LogP contribution in [0.25, 0.3) is 0 Å². The third-order valence-corrected chi connectivity index (χ3v) is 5.73. The molecule has 2 amide bonds. The highest BCUT2D eigenvalue weighted by molar-refractivity contribution is 7.99. The van der Waals surface area contributed by atoms with E-state index in [0.29, 0.717) is 13.1 Å². The van der Waals surface area contributed by atoms with Gasteiger partial charge in [-0.1, -0.05) is 24.3 Å². The zero-order valence-electron chi connectivity index (χ0n) is 14.1. The Morgan fingerprint density at radius 2 is 2.04 bits per heavy atom. The summed E-state index contributed by atoms with van der Waals surface area (Å²) in [6.45, 7) is 4.38. The lowest BCUT2D eigenvalue weighted by molar-refractivity contribution is 0.103. The molecule has 1 aromatic rings. The topological polar surface area (TPSA) is 55.8 Å². The van der Waals surface area contributed by atoms with E-state index in [9.17, 15) is 9.90 Å². The molecule has 1 fully saturated rings. The Labute approximate surface area is 148 Å². The molecule has 0 aromatic heterocycles. The van der Waals surface area contributed by atoms with Crippen LogP contribution in [0.3, 0.4) is 0 Å². The van der Waals surface area contributed by atoms with Crippen molar-refractivity contribution in [3.05, 3.63) is 35.4 Å². The van der Waals surface area contributed by atoms with Crippen LogP contribution in [-0.4, -0.2) is 71.3 Å². The first-order valence-electron chi connectivity index (χ1n) is 8.80. The van der Waals surface area contributed by atoms with Crippen molar-refractivity contribution in [3.8, 4) is 0 Å². The Hall–Kier alpha value is -1.24. The fourth-order valence-corrected chi connectivity index (χ4v) is 4.23. The maximum atomic E-state index is 12.2. The third kappa shape index (κ3) is 4.88. The fraction of sp³-hybridized carbons (Fsp3) is 0.611. The molecule has 24 heavy (non-hydrogen) atoms. The van der Waals surface area contributed by atoms with Gasteiger partial charge in [0.25, 0.3) is 0 Å². The number of nitrogens with one attached hydrogen (secondary N) is 1. The zero-order valence-corrected chi connectivity index (χ0v) is 14.9. The molecule has 0 spiro atoms. The molecule has 6 heteroatoms. The van der Waals surface area contributed by atoms with Gasteiger partial charge in [0.15, 0.2) is 0 Å². The largest absolute Gasteiger partial charge is 0.390 e. The van der Waals surface area contributed by atoms with Crippen molar-refractivity contribution in [2.45, 2.75) is 25.5 Å². The van der Waals surface area contributed by atoms with Gasteiger partial charge >= 0.3 is 6.03 Å². The molecular weight excluding hydrogens is 322 g/mol. The lowest BCUT2D eigenvalue weighted by Crippen LogP contribution is -2.46. The van der Waals surface area contributed by atoms with E-state index in [4.69, 9.17) is 0 Å². The molecule has 2 aliphatic rings. The Morgan fingerprint density at radius 3 is 2.92 bits per heavy atom. The van der Waals surface area contributed by atoms with Crippen molar-refractivity contribution in [2.24, 2.45) is 0 Å². The molecule has 1 saturated heterocycles. The molecule has 2 aliphatic heterocycles. The van der Waals surface area contributed by atoms with Crippen LogP contribution in [0.5, 0.6) is 0 Å². The number of urea groups is 1. The third-order valence-electron chi connectivity index (χ3n) is 4.68. The Kier molecular flexibility index (Phi) is 6.40. The number of hydrogen-bond acceptors (Lipinski definition) is 4. The molecule has 2 N–H and O–H groups in total. The van der Waals surface area contributed by atoms with Crippen LogP contribution >= 0.6 is 11.8 Å². The summed E-state index contributed by atoms with van der Waals surface area (Å²) in [7, 11) is 0. The van der Waals surface area contributed by atoms with Gasteiger partial charge in [0.2, 0.25) is 0 Å². The number of fused-ring (bicyclic) bond motifs is 1. The minimum atomic E-state index is -0.527. The molecule has 0 saturated carbocycles. The highest BCUT2D eigenvalue weighted by Crippen LogP contribution is 2.18. The first-order valence-corrected chi connectivity index (χ1v) is 9.95. The molecule has 1 atom stereocenters. The van der Waals surface area contributed by atoms with Crippen LogP contribution in [-0.2, 0) is 13.0 Å². The predicted molar refractivity (Wildman–Crippen MR) is 98.3 cm³/mol. The van der Waals surface area contributed by atoms with Crippen molar-refractivity contribution in [1.82, 2.24) is 15.1 Å². The molecule has 0 unspecified atom stereocenters. The van der Waals surface area contributed by atoms with E-state index in [1.807, 2.05) is 16.7 Å². The molecule has 0 radical (unpaired) electrons. The molecule has 3 rings (SSSR count). The summed E-state index contributed by atoms with van der Waals surface area (Å²) in [5.41, 5.74) is 2.76. The second kappa shape index (κ2) is 8.74. The van der Waals surface area contributed by atoms with E-state index >= 15 is 0 Å². The van der Waals surface area contributed by atoms with E-state index < -0.39 is 6.10 Å². The first-order chi connectivity index (χ1) is 11.7. The number of rotatable bonds is 4. The van der Waals surface area contributed by atoms with Gasteiger partial charge in [-0.3, -0.25) is 4.90 Å². The second-order valence-electron chi connectivity index (χ2n) is 6.55. The lowest BCUT2D eigenvalue weighted by atomic mass is 10.00. The number of aliphatic hydroxyl groups excluding tert-OH is 1. The summed E-state index contributed by atoms with van der Waals surface area (Å²) in [4.78, 5) is 16.3. The van der Waals surface area contributed by atoms with E-state index in [0.717, 1.165) is 50.5 Å². The van der Waals surface area contributed by atoms with E-state index in [-0.39, 0.29) is 6.03 Å². The number of thioether (sulfide) groups is 1. The van der Waals surface area contributed by atoms with Crippen molar-refractivity contribution in [1.29, 1.82) is 0 Å². The van der Waals surface area contributed by atoms with E-state index in [1.165, 1.54) is 11.1 Å². The van der Waals surface area contributed by atoms with Gasteiger partial charge in [0.1, 0.15) is 0 Å². The van der Waals surface area contributed by atoms with E-state index in [2.05, 4.69) is 34.5 Å². The molecule has 0 bridgehead atoms. The van der Waals surface area contributed by atoms with Crippen LogP contribution in [0.15, 0.2) is 24.3 Å². The Morgan fingerprint density at radius 1 is 1.21 bits per heavy atom. The van der Waals surface area contributed by atoms with Crippen molar-refractivity contribution in [2.75, 3.05) is 44.2 Å². The van der Waals surface area contributed by atoms with Gasteiger partial charge in [-0.25, -0.2) is 4.79 Å². The van der Waals surface area contributed by atoms with Crippen molar-refractivity contribution >= 4 is 17.8 Å². The summed E-state index contributed by atoms with van der Waals surface area (Å²) in [6.07, 6.45) is 1.55. The summed E-state index contributed by atoms with van der Waals surface area (Å²) in [5.74, 6) is 2.13. The van der Waals surface area contributed by atoms with E-state index in [1.54, 1.807) is 0 Å². The van der Waals surface area contributed by atoms with Gasteiger partial charge in [-0.05, 0) is 29.7 Å². The standard InChI is InChI=1S/C18H27N3O2S/c22-17(12-19-18(23)21-7-3-10-24-11-9-21)14-20-8-6-15-4-1-2-5-16(15)13-20/h1-2,4-5,17,22H,3,6-14H2,(H,19,23)/t17-/m0/s1. The maximum Gasteiger partial charge on any atom is 0.317 e. The Balaban J connectivity index is 1.41. The highest BCUT2D eigenvalue weighted by Gasteiger charge is 2.20. The minimum absolute atomic E-state index is 0.0412. The monoisotopic (exact) mass is 349 g/mol. The zero-order chi connectivity index (χ0) is 16.8. The number of β-amino-alcohol motifs (C(OH)–C–C–N with tert-alkyl or cyclic N) is 1. The van der Waals surface area contributed by atoms with Gasteiger partial charge in [0.05, 0.1) is 6.10 Å². The van der Waals surface area contributed by atoms with Crippen LogP contribution in [0.1, 0.15) is 17.5 Å². The number of aliphatic hydroxyl groups is 1. The molecule has 5 nitrogen and oxygen atoms in total. The Bertz CT molecular complexity index is 547. The van der Waals surface area contributed by atoms with Crippen LogP contribution in [0, 0.1) is 0 Å². The number of benzene rings is 1. The first kappa shape index (κ1) is 17.6. The summed E-state index contributed by atoms with van der Waals surface area (Å²) in [5, 5.41) is 13.2. The van der Waals surface area contributed by atoms with Crippen LogP contribution in [0.2, 0.25) is 0 Å². The highest BCUT2D eigenvalue weighted by atomic mass is 32.2. The van der Waals surface area contributed by atoms with Crippen molar-refractivity contribution < 1.29 is 9.90 Å². The molecule has 132 valence electrons. The van der Waals surface area contributed by atoms with Crippen LogP contribution in [0.4, 0.5) is 4.79 Å². The summed E-state index contributed by atoms with van der Waals surface area (Å²) in [6, 6.07) is 8.45. The maximum absolute atomic E-state index is 12.2. The van der Waals surface area contributed by atoms with Gasteiger partial charge in [0, 0.05) is 45.0 Å². The quantitative estimate of drug-likeness (QED) is 0.866. The predicted octanol–water partition coefficient (Wildman–Crippen LogP) is 1.55. The smallest absolute Gasteiger partial charge is 0.317 e. The average Bonchev–Trinajstić information content (AvgIpc) is 2.89. The normalized spacial score (nSPS) is 20.1. The molecule has 2 heterocycles. The second-order valence-corrected chi connectivity index (χ2v) is 7.77. The average molecular weight is 350 g/mol. The summed E-state index contributed by atoms with van der Waals surface area (Å²) < 4.78 is 0. The number of carbonyl (C=O) groups excluding carboxylic acids is 1. The number of nitrogens with zero attached hydrogens (tertiary/aromatic N) is 2. The molecular formula is C18H27N3O2S. The minimum Gasteiger partial charge on any atom is -0.390 e. The number of amides is 2. The van der Waals surface area contributed by atoms with Gasteiger partial charge in [-0.15, -0.1) is 0 Å². The molecule has 1 aromatic carbocycles. The number of carbonyl (C=O) groups is 1.